The van der Waals surface area contributed by atoms with Crippen LogP contribution in [0, 0.1) is 18.3 Å². The van der Waals surface area contributed by atoms with Gasteiger partial charge in [-0.3, -0.25) is 4.68 Å². The van der Waals surface area contributed by atoms with Crippen molar-refractivity contribution in [1.29, 1.82) is 5.26 Å². The highest BCUT2D eigenvalue weighted by Crippen LogP contribution is 2.24. The van der Waals surface area contributed by atoms with Crippen LogP contribution in [0.4, 0.5) is 11.5 Å². The van der Waals surface area contributed by atoms with Gasteiger partial charge in [0.2, 0.25) is 0 Å². The van der Waals surface area contributed by atoms with E-state index in [0.29, 0.717) is 11.4 Å². The molecule has 0 unspecified atom stereocenters. The molecule has 0 aliphatic rings. The van der Waals surface area contributed by atoms with Crippen molar-refractivity contribution in [2.75, 3.05) is 5.32 Å². The first-order chi connectivity index (χ1) is 9.69. The third kappa shape index (κ3) is 1.95. The molecule has 0 fully saturated rings. The summed E-state index contributed by atoms with van der Waals surface area (Å²) in [6, 6.07) is 9.30. The van der Waals surface area contributed by atoms with E-state index in [-0.39, 0.29) is 0 Å². The van der Waals surface area contributed by atoms with Gasteiger partial charge in [0.05, 0.1) is 17.3 Å². The standard InChI is InChI=1S/C14H12N6/c1-9-12-13(20(2)19-9)14(17-8-16-12)18-11-5-3-10(7-15)4-6-11/h3-6,8H,1-2H3,(H,16,17,18). The molecule has 20 heavy (non-hydrogen) atoms. The number of fused-ring (bicyclic) bond motifs is 1. The van der Waals surface area contributed by atoms with E-state index in [1.54, 1.807) is 16.8 Å². The predicted octanol–water partition coefficient (Wildman–Crippen LogP) is 2.29. The summed E-state index contributed by atoms with van der Waals surface area (Å²) in [6.07, 6.45) is 1.52. The molecule has 0 atom stereocenters. The second-order valence-corrected chi connectivity index (χ2v) is 4.44. The van der Waals surface area contributed by atoms with Crippen LogP contribution in [-0.2, 0) is 7.05 Å². The number of anilines is 2. The molecular weight excluding hydrogens is 252 g/mol. The number of rotatable bonds is 2. The third-order valence-electron chi connectivity index (χ3n) is 3.07. The molecule has 6 nitrogen and oxygen atoms in total. The molecule has 0 aliphatic heterocycles. The highest BCUT2D eigenvalue weighted by molar-refractivity contribution is 5.88. The number of aryl methyl sites for hydroxylation is 2. The Labute approximate surface area is 115 Å². The second-order valence-electron chi connectivity index (χ2n) is 4.44. The predicted molar refractivity (Wildman–Crippen MR) is 75.5 cm³/mol. The van der Waals surface area contributed by atoms with E-state index in [4.69, 9.17) is 5.26 Å². The quantitative estimate of drug-likeness (QED) is 0.768. The lowest BCUT2D eigenvalue weighted by Gasteiger charge is -2.07. The second kappa shape index (κ2) is 4.63. The minimum absolute atomic E-state index is 0.625. The molecule has 0 radical (unpaired) electrons. The van der Waals surface area contributed by atoms with Crippen molar-refractivity contribution in [1.82, 2.24) is 19.7 Å². The molecule has 1 N–H and O–H groups in total. The van der Waals surface area contributed by atoms with Gasteiger partial charge >= 0.3 is 0 Å². The summed E-state index contributed by atoms with van der Waals surface area (Å²) in [5.74, 6) is 0.697. The van der Waals surface area contributed by atoms with E-state index in [1.165, 1.54) is 6.33 Å². The van der Waals surface area contributed by atoms with Gasteiger partial charge in [-0.05, 0) is 31.2 Å². The summed E-state index contributed by atoms with van der Waals surface area (Å²) in [4.78, 5) is 8.52. The lowest BCUT2D eigenvalue weighted by atomic mass is 10.2. The Bertz CT molecular complexity index is 810. The molecule has 6 heteroatoms. The summed E-state index contributed by atoms with van der Waals surface area (Å²) in [5.41, 5.74) is 4.04. The Morgan fingerprint density at radius 3 is 2.65 bits per heavy atom. The van der Waals surface area contributed by atoms with Crippen LogP contribution in [-0.4, -0.2) is 19.7 Å². The van der Waals surface area contributed by atoms with Crippen molar-refractivity contribution in [3.8, 4) is 6.07 Å². The molecule has 0 spiro atoms. The molecule has 3 rings (SSSR count). The third-order valence-corrected chi connectivity index (χ3v) is 3.07. The summed E-state index contributed by atoms with van der Waals surface area (Å²) in [7, 11) is 1.86. The largest absolute Gasteiger partial charge is 0.338 e. The smallest absolute Gasteiger partial charge is 0.160 e. The summed E-state index contributed by atoms with van der Waals surface area (Å²) in [5, 5.41) is 16.4. The molecule has 0 saturated carbocycles. The lowest BCUT2D eigenvalue weighted by Crippen LogP contribution is -1.99. The molecular formula is C14H12N6. The number of aromatic nitrogens is 4. The number of nitrogens with zero attached hydrogens (tertiary/aromatic N) is 5. The van der Waals surface area contributed by atoms with Gasteiger partial charge in [-0.1, -0.05) is 0 Å². The van der Waals surface area contributed by atoms with Crippen LogP contribution in [0.25, 0.3) is 11.0 Å². The first kappa shape index (κ1) is 12.1. The zero-order valence-corrected chi connectivity index (χ0v) is 11.1. The first-order valence-electron chi connectivity index (χ1n) is 6.10. The van der Waals surface area contributed by atoms with Crippen molar-refractivity contribution < 1.29 is 0 Å². The lowest BCUT2D eigenvalue weighted by molar-refractivity contribution is 0.783. The number of nitriles is 1. The first-order valence-corrected chi connectivity index (χ1v) is 6.10. The van der Waals surface area contributed by atoms with Crippen molar-refractivity contribution in [2.45, 2.75) is 6.92 Å². The fourth-order valence-corrected chi connectivity index (χ4v) is 2.13. The number of hydrogen-bond donors (Lipinski definition) is 1. The Morgan fingerprint density at radius 2 is 1.95 bits per heavy atom. The van der Waals surface area contributed by atoms with Crippen molar-refractivity contribution >= 4 is 22.5 Å². The van der Waals surface area contributed by atoms with Crippen LogP contribution < -0.4 is 5.32 Å². The average Bonchev–Trinajstić information content (AvgIpc) is 2.76. The normalized spacial score (nSPS) is 10.4. The van der Waals surface area contributed by atoms with Crippen LogP contribution in [0.15, 0.2) is 30.6 Å². The average molecular weight is 264 g/mol. The molecule has 0 amide bonds. The van der Waals surface area contributed by atoms with Gasteiger partial charge in [0, 0.05) is 12.7 Å². The van der Waals surface area contributed by atoms with Crippen LogP contribution in [0.2, 0.25) is 0 Å². The fraction of sp³-hybridized carbons (Fsp3) is 0.143. The Kier molecular flexibility index (Phi) is 2.80. The number of benzene rings is 1. The maximum absolute atomic E-state index is 8.80. The topological polar surface area (TPSA) is 79.4 Å². The maximum Gasteiger partial charge on any atom is 0.160 e. The Morgan fingerprint density at radius 1 is 1.20 bits per heavy atom. The molecule has 0 bridgehead atoms. The molecule has 98 valence electrons. The van der Waals surface area contributed by atoms with E-state index in [9.17, 15) is 0 Å². The van der Waals surface area contributed by atoms with E-state index in [1.807, 2.05) is 26.1 Å². The van der Waals surface area contributed by atoms with Crippen LogP contribution in [0.1, 0.15) is 11.3 Å². The fourth-order valence-electron chi connectivity index (χ4n) is 2.13. The maximum atomic E-state index is 8.80. The Balaban J connectivity index is 2.04. The van der Waals surface area contributed by atoms with Gasteiger partial charge in [0.1, 0.15) is 17.4 Å². The van der Waals surface area contributed by atoms with Gasteiger partial charge in [-0.25, -0.2) is 9.97 Å². The zero-order chi connectivity index (χ0) is 14.1. The van der Waals surface area contributed by atoms with E-state index in [2.05, 4.69) is 26.5 Å². The molecule has 2 heterocycles. The van der Waals surface area contributed by atoms with E-state index in [0.717, 1.165) is 22.4 Å². The van der Waals surface area contributed by atoms with E-state index >= 15 is 0 Å². The SMILES string of the molecule is Cc1nn(C)c2c(Nc3ccc(C#N)cc3)ncnc12. The van der Waals surface area contributed by atoms with Gasteiger partial charge < -0.3 is 5.32 Å². The monoisotopic (exact) mass is 264 g/mol. The van der Waals surface area contributed by atoms with Gasteiger partial charge in [0.25, 0.3) is 0 Å². The summed E-state index contributed by atoms with van der Waals surface area (Å²) in [6.45, 7) is 1.92. The number of hydrogen-bond acceptors (Lipinski definition) is 5. The van der Waals surface area contributed by atoms with Crippen molar-refractivity contribution in [2.24, 2.45) is 7.05 Å². The molecule has 1 aromatic carbocycles. The van der Waals surface area contributed by atoms with Crippen LogP contribution in [0.3, 0.4) is 0 Å². The highest BCUT2D eigenvalue weighted by Gasteiger charge is 2.11. The summed E-state index contributed by atoms with van der Waals surface area (Å²) < 4.78 is 1.76. The minimum Gasteiger partial charge on any atom is -0.338 e. The van der Waals surface area contributed by atoms with E-state index < -0.39 is 0 Å². The van der Waals surface area contributed by atoms with Gasteiger partial charge in [-0.2, -0.15) is 10.4 Å². The highest BCUT2D eigenvalue weighted by atomic mass is 15.3. The minimum atomic E-state index is 0.625. The van der Waals surface area contributed by atoms with Crippen LogP contribution in [0.5, 0.6) is 0 Å². The zero-order valence-electron chi connectivity index (χ0n) is 11.1. The molecule has 0 aliphatic carbocycles. The number of nitrogens with one attached hydrogen (secondary N) is 1. The Hall–Kier alpha value is -2.94. The molecule has 3 aromatic rings. The summed E-state index contributed by atoms with van der Waals surface area (Å²) >= 11 is 0. The molecule has 0 saturated heterocycles. The van der Waals surface area contributed by atoms with Crippen molar-refractivity contribution in [3.63, 3.8) is 0 Å². The molecule has 2 aromatic heterocycles. The van der Waals surface area contributed by atoms with Crippen molar-refractivity contribution in [3.05, 3.63) is 41.9 Å². The van der Waals surface area contributed by atoms with Crippen LogP contribution >= 0.6 is 0 Å². The van der Waals surface area contributed by atoms with Gasteiger partial charge in [0.15, 0.2) is 5.82 Å². The van der Waals surface area contributed by atoms with Gasteiger partial charge in [-0.15, -0.1) is 0 Å².